The molecule has 0 heterocycles. The van der Waals surface area contributed by atoms with Gasteiger partial charge in [-0.05, 0) is 12.5 Å². The van der Waals surface area contributed by atoms with Crippen LogP contribution in [0.5, 0.6) is 0 Å². The second-order valence-corrected chi connectivity index (χ2v) is 2.98. The Balaban J connectivity index is 3.30. The highest BCUT2D eigenvalue weighted by atomic mass is 16.5. The molecule has 0 spiro atoms. The van der Waals surface area contributed by atoms with E-state index in [1.807, 2.05) is 0 Å². The van der Waals surface area contributed by atoms with Crippen molar-refractivity contribution in [2.24, 2.45) is 5.92 Å². The first-order valence-corrected chi connectivity index (χ1v) is 4.12. The smallest absolute Gasteiger partial charge is 0.330 e. The maximum Gasteiger partial charge on any atom is 0.330 e. The third-order valence-corrected chi connectivity index (χ3v) is 1.27. The van der Waals surface area contributed by atoms with Gasteiger partial charge >= 0.3 is 5.97 Å². The molecule has 0 unspecified atom stereocenters. The Kier molecular flexibility index (Phi) is 6.38. The van der Waals surface area contributed by atoms with E-state index in [4.69, 9.17) is 0 Å². The number of hydrogen-bond donors (Lipinski definition) is 1. The minimum Gasteiger partial charge on any atom is -0.466 e. The van der Waals surface area contributed by atoms with Gasteiger partial charge in [0.05, 0.1) is 7.11 Å². The number of rotatable bonds is 5. The van der Waals surface area contributed by atoms with Gasteiger partial charge in [0, 0.05) is 12.6 Å². The summed E-state index contributed by atoms with van der Waals surface area (Å²) in [5.41, 5.74) is 0. The van der Waals surface area contributed by atoms with Gasteiger partial charge in [0.1, 0.15) is 0 Å². The lowest BCUT2D eigenvalue weighted by Crippen LogP contribution is -2.19. The van der Waals surface area contributed by atoms with E-state index in [0.29, 0.717) is 12.5 Å². The molecule has 0 aromatic rings. The summed E-state index contributed by atoms with van der Waals surface area (Å²) in [6.45, 7) is 5.95. The van der Waals surface area contributed by atoms with E-state index in [0.717, 1.165) is 6.54 Å². The van der Waals surface area contributed by atoms with Crippen LogP contribution in [0.15, 0.2) is 12.2 Å². The summed E-state index contributed by atoms with van der Waals surface area (Å²) in [5, 5.41) is 3.17. The third kappa shape index (κ3) is 7.28. The fourth-order valence-electron chi connectivity index (χ4n) is 0.679. The van der Waals surface area contributed by atoms with Gasteiger partial charge in [0.15, 0.2) is 0 Å². The fourth-order valence-corrected chi connectivity index (χ4v) is 0.679. The van der Waals surface area contributed by atoms with E-state index < -0.39 is 0 Å². The molecule has 0 aliphatic rings. The number of carbonyl (C=O) groups is 1. The number of hydrogen-bond acceptors (Lipinski definition) is 3. The SMILES string of the molecule is COC(=O)/C=C/CNCC(C)C. The topological polar surface area (TPSA) is 38.3 Å². The molecule has 0 aromatic heterocycles. The normalized spacial score (nSPS) is 11.0. The average Bonchev–Trinajstić information content (AvgIpc) is 2.03. The number of esters is 1. The molecule has 0 radical (unpaired) electrons. The molecule has 0 amide bonds. The Bertz CT molecular complexity index is 153. The van der Waals surface area contributed by atoms with Crippen molar-refractivity contribution in [1.82, 2.24) is 5.32 Å². The van der Waals surface area contributed by atoms with E-state index in [1.54, 1.807) is 6.08 Å². The largest absolute Gasteiger partial charge is 0.466 e. The van der Waals surface area contributed by atoms with E-state index in [1.165, 1.54) is 13.2 Å². The molecule has 0 aromatic carbocycles. The van der Waals surface area contributed by atoms with Crippen LogP contribution in [-0.2, 0) is 9.53 Å². The van der Waals surface area contributed by atoms with Crippen LogP contribution in [0.3, 0.4) is 0 Å². The lowest BCUT2D eigenvalue weighted by Gasteiger charge is -2.03. The van der Waals surface area contributed by atoms with E-state index in [9.17, 15) is 4.79 Å². The zero-order valence-corrected chi connectivity index (χ0v) is 7.96. The molecule has 70 valence electrons. The van der Waals surface area contributed by atoms with Gasteiger partial charge in [-0.15, -0.1) is 0 Å². The summed E-state index contributed by atoms with van der Waals surface area (Å²) in [6.07, 6.45) is 3.18. The Morgan fingerprint density at radius 2 is 2.25 bits per heavy atom. The van der Waals surface area contributed by atoms with Gasteiger partial charge in [0.2, 0.25) is 0 Å². The molecule has 0 atom stereocenters. The van der Waals surface area contributed by atoms with Crippen molar-refractivity contribution < 1.29 is 9.53 Å². The molecule has 0 bridgehead atoms. The summed E-state index contributed by atoms with van der Waals surface area (Å²) >= 11 is 0. The van der Waals surface area contributed by atoms with Crippen LogP contribution in [0.1, 0.15) is 13.8 Å². The zero-order chi connectivity index (χ0) is 9.40. The third-order valence-electron chi connectivity index (χ3n) is 1.27. The van der Waals surface area contributed by atoms with Crippen molar-refractivity contribution in [3.8, 4) is 0 Å². The molecule has 0 saturated heterocycles. The fraction of sp³-hybridized carbons (Fsp3) is 0.667. The highest BCUT2D eigenvalue weighted by Crippen LogP contribution is 1.86. The van der Waals surface area contributed by atoms with Crippen molar-refractivity contribution in [2.45, 2.75) is 13.8 Å². The molecule has 0 rings (SSSR count). The summed E-state index contributed by atoms with van der Waals surface area (Å²) < 4.78 is 4.42. The predicted molar refractivity (Wildman–Crippen MR) is 48.9 cm³/mol. The molecule has 0 aliphatic carbocycles. The average molecular weight is 171 g/mol. The van der Waals surface area contributed by atoms with Crippen molar-refractivity contribution in [1.29, 1.82) is 0 Å². The van der Waals surface area contributed by atoms with Crippen LogP contribution in [0.25, 0.3) is 0 Å². The molecule has 12 heavy (non-hydrogen) atoms. The van der Waals surface area contributed by atoms with E-state index >= 15 is 0 Å². The van der Waals surface area contributed by atoms with Gasteiger partial charge in [-0.2, -0.15) is 0 Å². The van der Waals surface area contributed by atoms with Crippen LogP contribution < -0.4 is 5.32 Å². The van der Waals surface area contributed by atoms with Crippen molar-refractivity contribution in [3.63, 3.8) is 0 Å². The maximum atomic E-state index is 10.6. The summed E-state index contributed by atoms with van der Waals surface area (Å²) in [4.78, 5) is 10.6. The van der Waals surface area contributed by atoms with E-state index in [-0.39, 0.29) is 5.97 Å². The minimum atomic E-state index is -0.304. The number of ether oxygens (including phenoxy) is 1. The number of nitrogens with one attached hydrogen (secondary N) is 1. The number of carbonyl (C=O) groups excluding carboxylic acids is 1. The maximum absolute atomic E-state index is 10.6. The molecule has 0 saturated carbocycles. The van der Waals surface area contributed by atoms with Crippen LogP contribution >= 0.6 is 0 Å². The van der Waals surface area contributed by atoms with Gasteiger partial charge in [-0.1, -0.05) is 19.9 Å². The van der Waals surface area contributed by atoms with Crippen molar-refractivity contribution in [2.75, 3.05) is 20.2 Å². The Morgan fingerprint density at radius 1 is 1.58 bits per heavy atom. The van der Waals surface area contributed by atoms with Gasteiger partial charge < -0.3 is 10.1 Å². The highest BCUT2D eigenvalue weighted by molar-refractivity contribution is 5.81. The molecule has 1 N–H and O–H groups in total. The van der Waals surface area contributed by atoms with Gasteiger partial charge in [0.25, 0.3) is 0 Å². The Labute approximate surface area is 73.8 Å². The molecule has 3 nitrogen and oxygen atoms in total. The predicted octanol–water partition coefficient (Wildman–Crippen LogP) is 0.961. The van der Waals surface area contributed by atoms with Crippen LogP contribution in [0.2, 0.25) is 0 Å². The molecule has 0 fully saturated rings. The van der Waals surface area contributed by atoms with Crippen molar-refractivity contribution >= 4 is 5.97 Å². The summed E-state index contributed by atoms with van der Waals surface area (Å²) in [6, 6.07) is 0. The van der Waals surface area contributed by atoms with Crippen LogP contribution in [0.4, 0.5) is 0 Å². The summed E-state index contributed by atoms with van der Waals surface area (Å²) in [7, 11) is 1.37. The van der Waals surface area contributed by atoms with Crippen LogP contribution in [0, 0.1) is 5.92 Å². The van der Waals surface area contributed by atoms with Gasteiger partial charge in [-0.3, -0.25) is 0 Å². The lowest BCUT2D eigenvalue weighted by molar-refractivity contribution is -0.134. The highest BCUT2D eigenvalue weighted by Gasteiger charge is 1.91. The zero-order valence-electron chi connectivity index (χ0n) is 7.96. The van der Waals surface area contributed by atoms with E-state index in [2.05, 4.69) is 23.9 Å². The Morgan fingerprint density at radius 3 is 2.75 bits per heavy atom. The van der Waals surface area contributed by atoms with Crippen LogP contribution in [-0.4, -0.2) is 26.2 Å². The van der Waals surface area contributed by atoms with Gasteiger partial charge in [-0.25, -0.2) is 4.79 Å². The second kappa shape index (κ2) is 6.85. The molecule has 0 aliphatic heterocycles. The standard InChI is InChI=1S/C9H17NO2/c1-8(2)7-10-6-4-5-9(11)12-3/h4-5,8,10H,6-7H2,1-3H3/b5-4+. The second-order valence-electron chi connectivity index (χ2n) is 2.98. The quantitative estimate of drug-likeness (QED) is 0.380. The minimum absolute atomic E-state index is 0.304. The first-order chi connectivity index (χ1) is 5.66. The first-order valence-electron chi connectivity index (χ1n) is 4.12. The number of methoxy groups -OCH3 is 1. The monoisotopic (exact) mass is 171 g/mol. The van der Waals surface area contributed by atoms with Crippen molar-refractivity contribution in [3.05, 3.63) is 12.2 Å². The molecular weight excluding hydrogens is 154 g/mol. The first kappa shape index (κ1) is 11.2. The lowest BCUT2D eigenvalue weighted by atomic mass is 10.2. The molecule has 3 heteroatoms. The summed E-state index contributed by atoms with van der Waals surface area (Å²) in [5.74, 6) is 0.331. The Hall–Kier alpha value is -0.830. The molecular formula is C9H17NO2.